The number of methoxy groups -OCH3 is 1. The van der Waals surface area contributed by atoms with Gasteiger partial charge in [0.25, 0.3) is 0 Å². The van der Waals surface area contributed by atoms with Gasteiger partial charge in [-0.3, -0.25) is 0 Å². The molecular formula is C6H8BrNO3. The molecule has 0 aromatic heterocycles. The summed E-state index contributed by atoms with van der Waals surface area (Å²) >= 11 is 3.05. The second kappa shape index (κ2) is 5.91. The molecule has 0 aromatic carbocycles. The van der Waals surface area contributed by atoms with Gasteiger partial charge >= 0.3 is 5.97 Å². The van der Waals surface area contributed by atoms with E-state index in [1.807, 2.05) is 0 Å². The van der Waals surface area contributed by atoms with Crippen LogP contribution < -0.4 is 0 Å². The monoisotopic (exact) mass is 221 g/mol. The van der Waals surface area contributed by atoms with Crippen LogP contribution in [0.3, 0.4) is 0 Å². The first-order chi connectivity index (χ1) is 5.24. The van der Waals surface area contributed by atoms with Crippen molar-refractivity contribution in [3.63, 3.8) is 0 Å². The fraction of sp³-hybridized carbons (Fsp3) is 0.333. The van der Waals surface area contributed by atoms with Crippen molar-refractivity contribution >= 4 is 27.6 Å². The van der Waals surface area contributed by atoms with Gasteiger partial charge in [0.15, 0.2) is 0 Å². The molecule has 1 N–H and O–H groups in total. The topological polar surface area (TPSA) is 58.9 Å². The fourth-order valence-electron chi connectivity index (χ4n) is 0.337. The summed E-state index contributed by atoms with van der Waals surface area (Å²) in [6, 6.07) is 0. The average molecular weight is 222 g/mol. The molecular weight excluding hydrogens is 214 g/mol. The molecule has 4 nitrogen and oxygen atoms in total. The van der Waals surface area contributed by atoms with Crippen molar-refractivity contribution in [3.05, 3.63) is 12.2 Å². The summed E-state index contributed by atoms with van der Waals surface area (Å²) in [7, 11) is 1.27. The van der Waals surface area contributed by atoms with Crippen LogP contribution in [0.5, 0.6) is 0 Å². The number of halogens is 1. The zero-order valence-electron chi connectivity index (χ0n) is 5.95. The molecule has 0 bridgehead atoms. The van der Waals surface area contributed by atoms with E-state index >= 15 is 0 Å². The maximum atomic E-state index is 10.5. The van der Waals surface area contributed by atoms with Crippen molar-refractivity contribution in [1.82, 2.24) is 0 Å². The maximum absolute atomic E-state index is 10.5. The third-order valence-electron chi connectivity index (χ3n) is 0.878. The molecule has 0 heterocycles. The molecule has 0 unspecified atom stereocenters. The summed E-state index contributed by atoms with van der Waals surface area (Å²) in [6.45, 7) is 0. The molecule has 0 rings (SSSR count). The van der Waals surface area contributed by atoms with E-state index in [0.717, 1.165) is 0 Å². The lowest BCUT2D eigenvalue weighted by Crippen LogP contribution is -1.99. The van der Waals surface area contributed by atoms with E-state index in [1.54, 1.807) is 0 Å². The number of hydrogen-bond donors (Lipinski definition) is 1. The Bertz CT molecular complexity index is 188. The van der Waals surface area contributed by atoms with Crippen LogP contribution in [0.2, 0.25) is 0 Å². The summed E-state index contributed by atoms with van der Waals surface area (Å²) in [5.41, 5.74) is 0.357. The smallest absolute Gasteiger partial charge is 0.330 e. The van der Waals surface area contributed by atoms with E-state index in [9.17, 15) is 4.79 Å². The molecule has 0 amide bonds. The van der Waals surface area contributed by atoms with E-state index in [0.29, 0.717) is 11.0 Å². The predicted octanol–water partition coefficient (Wildman–Crippen LogP) is 0.941. The largest absolute Gasteiger partial charge is 0.466 e. The minimum atomic E-state index is -0.480. The standard InChI is InChI=1S/C6H8BrNO3/c1-11-6(9)3-2-5(4-7)8-10/h2-3,10H,4H2,1H3/b3-2+,8-5+. The molecule has 0 aliphatic rings. The SMILES string of the molecule is COC(=O)/C=C/C(CBr)=N\O. The van der Waals surface area contributed by atoms with Crippen LogP contribution in [0.4, 0.5) is 0 Å². The number of allylic oxidation sites excluding steroid dienone is 1. The van der Waals surface area contributed by atoms with Gasteiger partial charge in [-0.2, -0.15) is 0 Å². The van der Waals surface area contributed by atoms with E-state index in [2.05, 4.69) is 25.8 Å². The van der Waals surface area contributed by atoms with Gasteiger partial charge in [0, 0.05) is 11.4 Å². The summed E-state index contributed by atoms with van der Waals surface area (Å²) in [4.78, 5) is 10.5. The number of alkyl halides is 1. The Balaban J connectivity index is 4.00. The maximum Gasteiger partial charge on any atom is 0.330 e. The van der Waals surface area contributed by atoms with Crippen LogP contribution in [0.25, 0.3) is 0 Å². The first kappa shape index (κ1) is 10.2. The van der Waals surface area contributed by atoms with Gasteiger partial charge in [-0.25, -0.2) is 4.79 Å². The van der Waals surface area contributed by atoms with Gasteiger partial charge in [0.05, 0.1) is 12.8 Å². The first-order valence-electron chi connectivity index (χ1n) is 2.77. The van der Waals surface area contributed by atoms with Crippen molar-refractivity contribution in [2.75, 3.05) is 12.4 Å². The van der Waals surface area contributed by atoms with Crippen LogP contribution in [0.15, 0.2) is 17.3 Å². The number of oxime groups is 1. The number of carbonyl (C=O) groups excluding carboxylic acids is 1. The zero-order chi connectivity index (χ0) is 8.69. The van der Waals surface area contributed by atoms with E-state index in [1.165, 1.54) is 19.3 Å². The molecule has 62 valence electrons. The van der Waals surface area contributed by atoms with Gasteiger partial charge < -0.3 is 9.94 Å². The van der Waals surface area contributed by atoms with Crippen molar-refractivity contribution in [2.45, 2.75) is 0 Å². The Morgan fingerprint density at radius 2 is 2.36 bits per heavy atom. The fourth-order valence-corrected chi connectivity index (χ4v) is 0.636. The van der Waals surface area contributed by atoms with Gasteiger partial charge in [0.2, 0.25) is 0 Å². The Hall–Kier alpha value is -0.840. The second-order valence-electron chi connectivity index (χ2n) is 1.58. The molecule has 0 radical (unpaired) electrons. The van der Waals surface area contributed by atoms with E-state index in [4.69, 9.17) is 5.21 Å². The van der Waals surface area contributed by atoms with Crippen molar-refractivity contribution in [2.24, 2.45) is 5.16 Å². The number of rotatable bonds is 3. The van der Waals surface area contributed by atoms with Crippen molar-refractivity contribution in [3.8, 4) is 0 Å². The Labute approximate surface area is 72.7 Å². The molecule has 0 aliphatic carbocycles. The predicted molar refractivity (Wildman–Crippen MR) is 44.2 cm³/mol. The van der Waals surface area contributed by atoms with Gasteiger partial charge in [0.1, 0.15) is 0 Å². The number of ether oxygens (including phenoxy) is 1. The van der Waals surface area contributed by atoms with E-state index in [-0.39, 0.29) is 0 Å². The molecule has 0 aliphatic heterocycles. The molecule has 5 heteroatoms. The Morgan fingerprint density at radius 3 is 2.73 bits per heavy atom. The number of esters is 1. The summed E-state index contributed by atoms with van der Waals surface area (Å²) in [6.07, 6.45) is 2.54. The number of nitrogens with zero attached hydrogens (tertiary/aromatic N) is 1. The molecule has 0 spiro atoms. The highest BCUT2D eigenvalue weighted by atomic mass is 79.9. The van der Waals surface area contributed by atoms with Crippen LogP contribution in [-0.2, 0) is 9.53 Å². The van der Waals surface area contributed by atoms with Crippen LogP contribution in [0.1, 0.15) is 0 Å². The summed E-state index contributed by atoms with van der Waals surface area (Å²) in [5, 5.41) is 11.5. The highest BCUT2D eigenvalue weighted by Gasteiger charge is 1.94. The van der Waals surface area contributed by atoms with Crippen molar-refractivity contribution in [1.29, 1.82) is 0 Å². The minimum Gasteiger partial charge on any atom is -0.466 e. The van der Waals surface area contributed by atoms with Gasteiger partial charge in [-0.1, -0.05) is 21.1 Å². The van der Waals surface area contributed by atoms with Crippen molar-refractivity contribution < 1.29 is 14.7 Å². The Kier molecular flexibility index (Phi) is 5.46. The third-order valence-corrected chi connectivity index (χ3v) is 1.45. The first-order valence-corrected chi connectivity index (χ1v) is 3.89. The number of hydrogen-bond acceptors (Lipinski definition) is 4. The quantitative estimate of drug-likeness (QED) is 0.193. The zero-order valence-corrected chi connectivity index (χ0v) is 7.54. The third kappa shape index (κ3) is 4.55. The lowest BCUT2D eigenvalue weighted by molar-refractivity contribution is -0.134. The molecule has 0 saturated carbocycles. The van der Waals surface area contributed by atoms with Crippen LogP contribution in [-0.4, -0.2) is 29.3 Å². The normalized spacial score (nSPS) is 12.0. The van der Waals surface area contributed by atoms with Gasteiger partial charge in [-0.05, 0) is 6.08 Å². The molecule has 0 fully saturated rings. The van der Waals surface area contributed by atoms with Crippen LogP contribution >= 0.6 is 15.9 Å². The summed E-state index contributed by atoms with van der Waals surface area (Å²) < 4.78 is 4.31. The highest BCUT2D eigenvalue weighted by Crippen LogP contribution is 1.88. The Morgan fingerprint density at radius 1 is 1.73 bits per heavy atom. The molecule has 0 saturated heterocycles. The lowest BCUT2D eigenvalue weighted by atomic mass is 10.4. The van der Waals surface area contributed by atoms with E-state index < -0.39 is 5.97 Å². The van der Waals surface area contributed by atoms with Gasteiger partial charge in [-0.15, -0.1) is 0 Å². The minimum absolute atomic E-state index is 0.357. The van der Waals surface area contributed by atoms with Crippen LogP contribution in [0, 0.1) is 0 Å². The molecule has 0 aromatic rings. The number of carbonyl (C=O) groups is 1. The lowest BCUT2D eigenvalue weighted by Gasteiger charge is -1.90. The molecule has 0 atom stereocenters. The highest BCUT2D eigenvalue weighted by molar-refractivity contribution is 9.09. The molecule has 11 heavy (non-hydrogen) atoms. The average Bonchev–Trinajstić information content (AvgIpc) is 2.06. The second-order valence-corrected chi connectivity index (χ2v) is 2.14. The summed E-state index contributed by atoms with van der Waals surface area (Å²) in [5.74, 6) is -0.480.